The number of halogens is 2. The molecule has 0 aliphatic heterocycles. The summed E-state index contributed by atoms with van der Waals surface area (Å²) >= 11 is 6.54. The standard InChI is InChI=1S/C29H38ClFN6O2/c1-16-9-11-18(12-10-16)15-37-23-24(33-17(2)19-7-6-8-19)34-26(28(38)39-5)35-25(23)36-27(37)22-13-20(29(3,4)30)21(31)14-32-22/h13-14,16-19H,6-12,15H2,1-5H3,(H,33,34,35)/t16-,17-,18-/m1/s1. The Kier molecular flexibility index (Phi) is 7.82. The number of nitrogens with one attached hydrogen (secondary N) is 1. The number of hydrogen-bond donors (Lipinski definition) is 1. The van der Waals surface area contributed by atoms with Crippen LogP contribution in [-0.4, -0.2) is 43.6 Å². The molecule has 39 heavy (non-hydrogen) atoms. The molecule has 2 saturated carbocycles. The molecule has 3 aromatic heterocycles. The summed E-state index contributed by atoms with van der Waals surface area (Å²) in [5.74, 6) is 1.68. The largest absolute Gasteiger partial charge is 0.463 e. The van der Waals surface area contributed by atoms with Crippen molar-refractivity contribution in [2.75, 3.05) is 12.4 Å². The van der Waals surface area contributed by atoms with Gasteiger partial charge in [-0.05, 0) is 70.3 Å². The molecular formula is C29H38ClFN6O2. The third-order valence-corrected chi connectivity index (χ3v) is 8.70. The molecular weight excluding hydrogens is 519 g/mol. The summed E-state index contributed by atoms with van der Waals surface area (Å²) in [6.45, 7) is 8.65. The van der Waals surface area contributed by atoms with Crippen molar-refractivity contribution in [2.24, 2.45) is 17.8 Å². The predicted octanol–water partition coefficient (Wildman–Crippen LogP) is 6.71. The number of carbonyl (C=O) groups excluding carboxylic acids is 1. The summed E-state index contributed by atoms with van der Waals surface area (Å²) in [5, 5.41) is 3.58. The molecule has 10 heteroatoms. The van der Waals surface area contributed by atoms with Crippen molar-refractivity contribution in [2.45, 2.75) is 90.1 Å². The van der Waals surface area contributed by atoms with Crippen molar-refractivity contribution in [3.63, 3.8) is 0 Å². The van der Waals surface area contributed by atoms with E-state index in [9.17, 15) is 9.18 Å². The Morgan fingerprint density at radius 1 is 1.21 bits per heavy atom. The molecule has 8 nitrogen and oxygen atoms in total. The van der Waals surface area contributed by atoms with Crippen LogP contribution in [0.3, 0.4) is 0 Å². The van der Waals surface area contributed by atoms with E-state index in [1.807, 2.05) is 0 Å². The van der Waals surface area contributed by atoms with Gasteiger partial charge in [-0.25, -0.2) is 29.1 Å². The van der Waals surface area contributed by atoms with Gasteiger partial charge in [0.2, 0.25) is 5.82 Å². The molecule has 1 atom stereocenters. The second-order valence-electron chi connectivity index (χ2n) is 11.9. The Morgan fingerprint density at radius 2 is 1.92 bits per heavy atom. The topological polar surface area (TPSA) is 94.8 Å². The molecule has 0 aromatic carbocycles. The van der Waals surface area contributed by atoms with Crippen LogP contribution in [0, 0.1) is 23.6 Å². The number of esters is 1. The van der Waals surface area contributed by atoms with E-state index in [0.29, 0.717) is 46.9 Å². The highest BCUT2D eigenvalue weighted by Gasteiger charge is 2.30. The number of rotatable bonds is 8. The monoisotopic (exact) mass is 556 g/mol. The molecule has 210 valence electrons. The number of fused-ring (bicyclic) bond motifs is 1. The van der Waals surface area contributed by atoms with Gasteiger partial charge in [0.1, 0.15) is 17.0 Å². The zero-order valence-electron chi connectivity index (χ0n) is 23.4. The maximum absolute atomic E-state index is 14.7. The van der Waals surface area contributed by atoms with Gasteiger partial charge in [-0.3, -0.25) is 0 Å². The Hall–Kier alpha value is -2.81. The SMILES string of the molecule is COC(=O)c1nc(N[C@H](C)C2CCC2)c2c(n1)nc(-c1cc(C(C)(C)Cl)c(F)cn1)n2C[C@H]1CC[C@H](C)CC1. The fourth-order valence-corrected chi connectivity index (χ4v) is 5.90. The van der Waals surface area contributed by atoms with Crippen molar-refractivity contribution in [1.29, 1.82) is 0 Å². The predicted molar refractivity (Wildman–Crippen MR) is 150 cm³/mol. The minimum Gasteiger partial charge on any atom is -0.463 e. The summed E-state index contributed by atoms with van der Waals surface area (Å²) in [7, 11) is 1.31. The Morgan fingerprint density at radius 3 is 2.54 bits per heavy atom. The normalized spacial score (nSPS) is 21.0. The third kappa shape index (κ3) is 5.74. The van der Waals surface area contributed by atoms with Crippen LogP contribution in [0.2, 0.25) is 0 Å². The summed E-state index contributed by atoms with van der Waals surface area (Å²) in [5.41, 5.74) is 1.95. The van der Waals surface area contributed by atoms with E-state index in [2.05, 4.69) is 38.7 Å². The quantitative estimate of drug-likeness (QED) is 0.243. The second kappa shape index (κ2) is 11.0. The van der Waals surface area contributed by atoms with Crippen LogP contribution in [-0.2, 0) is 16.2 Å². The molecule has 0 bridgehead atoms. The number of alkyl halides is 1. The van der Waals surface area contributed by atoms with Crippen molar-refractivity contribution in [3.8, 4) is 11.5 Å². The molecule has 1 N–H and O–H groups in total. The first-order valence-corrected chi connectivity index (χ1v) is 14.4. The third-order valence-electron chi connectivity index (χ3n) is 8.49. The molecule has 3 aromatic rings. The zero-order valence-corrected chi connectivity index (χ0v) is 24.2. The number of carbonyl (C=O) groups is 1. The van der Waals surface area contributed by atoms with Crippen LogP contribution in [0.4, 0.5) is 10.2 Å². The minimum atomic E-state index is -0.930. The number of pyridine rings is 1. The number of aromatic nitrogens is 5. The highest BCUT2D eigenvalue weighted by Crippen LogP contribution is 2.37. The maximum Gasteiger partial charge on any atom is 0.376 e. The molecule has 0 amide bonds. The van der Waals surface area contributed by atoms with Gasteiger partial charge in [0, 0.05) is 18.2 Å². The van der Waals surface area contributed by atoms with Crippen LogP contribution >= 0.6 is 11.6 Å². The van der Waals surface area contributed by atoms with Crippen molar-refractivity contribution in [3.05, 3.63) is 29.5 Å². The maximum atomic E-state index is 14.7. The molecule has 0 radical (unpaired) electrons. The van der Waals surface area contributed by atoms with Gasteiger partial charge in [-0.15, -0.1) is 11.6 Å². The first-order chi connectivity index (χ1) is 18.5. The smallest absolute Gasteiger partial charge is 0.376 e. The minimum absolute atomic E-state index is 0.0503. The Balaban J connectivity index is 1.69. The first kappa shape index (κ1) is 27.7. The summed E-state index contributed by atoms with van der Waals surface area (Å²) < 4.78 is 21.8. The lowest BCUT2D eigenvalue weighted by Crippen LogP contribution is -2.31. The van der Waals surface area contributed by atoms with E-state index in [-0.39, 0.29) is 11.9 Å². The van der Waals surface area contributed by atoms with E-state index >= 15 is 0 Å². The lowest BCUT2D eigenvalue weighted by Gasteiger charge is -2.32. The van der Waals surface area contributed by atoms with Gasteiger partial charge in [0.15, 0.2) is 17.3 Å². The van der Waals surface area contributed by atoms with Crippen molar-refractivity contribution in [1.82, 2.24) is 24.5 Å². The van der Waals surface area contributed by atoms with Gasteiger partial charge < -0.3 is 14.6 Å². The van der Waals surface area contributed by atoms with E-state index in [0.717, 1.165) is 37.1 Å². The Labute approximate surface area is 234 Å². The van der Waals surface area contributed by atoms with Crippen molar-refractivity contribution >= 4 is 34.6 Å². The average molecular weight is 557 g/mol. The lowest BCUT2D eigenvalue weighted by molar-refractivity contribution is 0.0587. The van der Waals surface area contributed by atoms with Crippen LogP contribution in [0.25, 0.3) is 22.7 Å². The fourth-order valence-electron chi connectivity index (χ4n) is 5.75. The number of methoxy groups -OCH3 is 1. The molecule has 3 heterocycles. The number of nitrogens with zero attached hydrogens (tertiary/aromatic N) is 5. The molecule has 2 fully saturated rings. The molecule has 5 rings (SSSR count). The molecule has 2 aliphatic rings. The number of imidazole rings is 1. The highest BCUT2D eigenvalue weighted by atomic mass is 35.5. The van der Waals surface area contributed by atoms with Crippen LogP contribution in [0.5, 0.6) is 0 Å². The van der Waals surface area contributed by atoms with Gasteiger partial charge in [0.05, 0.1) is 18.2 Å². The second-order valence-corrected chi connectivity index (χ2v) is 12.8. The summed E-state index contributed by atoms with van der Waals surface area (Å²) in [4.78, 5) is 30.0. The van der Waals surface area contributed by atoms with E-state index < -0.39 is 16.7 Å². The fraction of sp³-hybridized carbons (Fsp3) is 0.621. The molecule has 0 unspecified atom stereocenters. The molecule has 2 aliphatic carbocycles. The number of ether oxygens (including phenoxy) is 1. The highest BCUT2D eigenvalue weighted by molar-refractivity contribution is 6.23. The summed E-state index contributed by atoms with van der Waals surface area (Å²) in [6, 6.07) is 1.83. The first-order valence-electron chi connectivity index (χ1n) is 14.0. The van der Waals surface area contributed by atoms with Gasteiger partial charge in [-0.2, -0.15) is 0 Å². The number of hydrogen-bond acceptors (Lipinski definition) is 7. The van der Waals surface area contributed by atoms with Crippen LogP contribution in [0.15, 0.2) is 12.3 Å². The Bertz CT molecular complexity index is 1360. The van der Waals surface area contributed by atoms with Crippen LogP contribution < -0.4 is 5.32 Å². The molecule has 0 spiro atoms. The lowest BCUT2D eigenvalue weighted by atomic mass is 9.80. The van der Waals surface area contributed by atoms with Crippen LogP contribution in [0.1, 0.15) is 88.8 Å². The van der Waals surface area contributed by atoms with E-state index in [1.165, 1.54) is 32.6 Å². The van der Waals surface area contributed by atoms with Gasteiger partial charge in [0.25, 0.3) is 0 Å². The van der Waals surface area contributed by atoms with E-state index in [1.54, 1.807) is 19.9 Å². The molecule has 0 saturated heterocycles. The zero-order chi connectivity index (χ0) is 27.9. The summed E-state index contributed by atoms with van der Waals surface area (Å²) in [6.07, 6.45) is 9.32. The number of anilines is 1. The van der Waals surface area contributed by atoms with E-state index in [4.69, 9.17) is 21.3 Å². The van der Waals surface area contributed by atoms with Crippen molar-refractivity contribution < 1.29 is 13.9 Å². The van der Waals surface area contributed by atoms with Gasteiger partial charge in [-0.1, -0.05) is 26.2 Å². The van der Waals surface area contributed by atoms with Gasteiger partial charge >= 0.3 is 5.97 Å². The average Bonchev–Trinajstić information content (AvgIpc) is 3.21.